The standard InChI is InChI=1S/C35H25ClF6N2O5/c1-33-25(30(47)44(32(33)49)18-5-3-2-4-6-18)15-24-21(28(33)22-8-7-20(45)14-26(22)36)9-10-23-27(24)31(48)43(29(23)46)19-12-16(34(37,38)39)11-17(13-19)35(40,41)42/h2-9,11-14,23-25,27-28,45H,10,15H2,1H3. The molecule has 2 aliphatic carbocycles. The van der Waals surface area contributed by atoms with Crippen molar-refractivity contribution in [3.8, 4) is 5.75 Å². The topological polar surface area (TPSA) is 95.0 Å². The summed E-state index contributed by atoms with van der Waals surface area (Å²) >= 11 is 6.64. The van der Waals surface area contributed by atoms with Crippen LogP contribution in [0.2, 0.25) is 5.02 Å². The molecule has 0 bridgehead atoms. The van der Waals surface area contributed by atoms with Gasteiger partial charge in [-0.1, -0.05) is 47.5 Å². The van der Waals surface area contributed by atoms with Gasteiger partial charge in [-0.3, -0.25) is 19.2 Å². The highest BCUT2D eigenvalue weighted by Crippen LogP contribution is 2.64. The van der Waals surface area contributed by atoms with Crippen molar-refractivity contribution in [2.45, 2.75) is 38.0 Å². The van der Waals surface area contributed by atoms with Crippen LogP contribution in [0.15, 0.2) is 78.4 Å². The average Bonchev–Trinajstić information content (AvgIpc) is 3.40. The molecule has 0 aromatic heterocycles. The molecule has 3 aromatic rings. The highest BCUT2D eigenvalue weighted by atomic mass is 35.5. The number of phenolic OH excluding ortho intramolecular Hbond substituents is 1. The number of anilines is 2. The van der Waals surface area contributed by atoms with Crippen LogP contribution in [0.25, 0.3) is 0 Å². The molecule has 3 aromatic carbocycles. The van der Waals surface area contributed by atoms with Gasteiger partial charge in [0.15, 0.2) is 0 Å². The maximum atomic E-state index is 14.4. The zero-order chi connectivity index (χ0) is 35.4. The number of para-hydroxylation sites is 1. The molecular formula is C35H25ClF6N2O5. The molecule has 1 N–H and O–H groups in total. The van der Waals surface area contributed by atoms with Crippen LogP contribution < -0.4 is 9.80 Å². The van der Waals surface area contributed by atoms with Crippen molar-refractivity contribution in [2.24, 2.45) is 29.1 Å². The lowest BCUT2D eigenvalue weighted by Gasteiger charge is -2.49. The van der Waals surface area contributed by atoms with Crippen LogP contribution in [-0.2, 0) is 31.5 Å². The van der Waals surface area contributed by atoms with Gasteiger partial charge in [-0.25, -0.2) is 9.80 Å². The van der Waals surface area contributed by atoms with Gasteiger partial charge < -0.3 is 5.11 Å². The third kappa shape index (κ3) is 4.87. The normalized spacial score (nSPS) is 28.4. The molecule has 254 valence electrons. The highest BCUT2D eigenvalue weighted by Gasteiger charge is 2.68. The molecule has 4 amide bonds. The van der Waals surface area contributed by atoms with E-state index in [9.17, 15) is 50.6 Å². The summed E-state index contributed by atoms with van der Waals surface area (Å²) in [5.41, 5.74) is -4.53. The Balaban J connectivity index is 1.36. The van der Waals surface area contributed by atoms with E-state index in [0.717, 1.165) is 4.90 Å². The molecule has 14 heteroatoms. The first-order chi connectivity index (χ1) is 22.9. The summed E-state index contributed by atoms with van der Waals surface area (Å²) in [6, 6.07) is 12.9. The maximum Gasteiger partial charge on any atom is 0.416 e. The second-order valence-corrected chi connectivity index (χ2v) is 13.4. The molecular weight excluding hydrogens is 678 g/mol. The van der Waals surface area contributed by atoms with Crippen molar-refractivity contribution in [2.75, 3.05) is 9.80 Å². The molecule has 4 aliphatic rings. The van der Waals surface area contributed by atoms with E-state index >= 15 is 0 Å². The first kappa shape index (κ1) is 32.9. The maximum absolute atomic E-state index is 14.4. The highest BCUT2D eigenvalue weighted by molar-refractivity contribution is 6.32. The summed E-state index contributed by atoms with van der Waals surface area (Å²) in [6.07, 6.45) is -8.99. The number of carbonyl (C=O) groups is 4. The third-order valence-corrected chi connectivity index (χ3v) is 10.7. The van der Waals surface area contributed by atoms with Crippen LogP contribution in [0.4, 0.5) is 37.7 Å². The Bertz CT molecular complexity index is 1950. The quantitative estimate of drug-likeness (QED) is 0.173. The molecule has 2 saturated heterocycles. The summed E-state index contributed by atoms with van der Waals surface area (Å²) in [6.45, 7) is 1.62. The van der Waals surface area contributed by atoms with Crippen LogP contribution in [0.1, 0.15) is 42.4 Å². The van der Waals surface area contributed by atoms with E-state index in [1.165, 1.54) is 18.2 Å². The molecule has 49 heavy (non-hydrogen) atoms. The Hall–Kier alpha value is -4.65. The van der Waals surface area contributed by atoms with Crippen molar-refractivity contribution in [3.63, 3.8) is 0 Å². The number of imide groups is 2. The number of rotatable bonds is 3. The number of allylic oxidation sites excluding steroid dienone is 2. The lowest BCUT2D eigenvalue weighted by molar-refractivity contribution is -0.143. The molecule has 1 saturated carbocycles. The van der Waals surface area contributed by atoms with Crippen molar-refractivity contribution in [3.05, 3.63) is 100 Å². The number of nitrogens with zero attached hydrogens (tertiary/aromatic N) is 2. The second kappa shape index (κ2) is 10.9. The number of alkyl halides is 6. The van der Waals surface area contributed by atoms with Gasteiger partial charge in [0.1, 0.15) is 5.75 Å². The molecule has 2 heterocycles. The predicted molar refractivity (Wildman–Crippen MR) is 163 cm³/mol. The Morgan fingerprint density at radius 2 is 1.41 bits per heavy atom. The van der Waals surface area contributed by atoms with Crippen LogP contribution in [0.5, 0.6) is 5.75 Å². The van der Waals surface area contributed by atoms with Crippen LogP contribution >= 0.6 is 11.6 Å². The molecule has 6 atom stereocenters. The van der Waals surface area contributed by atoms with Crippen molar-refractivity contribution in [1.82, 2.24) is 0 Å². The minimum atomic E-state index is -5.21. The summed E-state index contributed by atoms with van der Waals surface area (Å²) in [4.78, 5) is 58.0. The number of halogens is 7. The fourth-order valence-electron chi connectivity index (χ4n) is 8.25. The van der Waals surface area contributed by atoms with Crippen molar-refractivity contribution < 1.29 is 50.6 Å². The van der Waals surface area contributed by atoms with Crippen molar-refractivity contribution >= 4 is 46.6 Å². The SMILES string of the molecule is CC12C(=O)N(c3ccccc3)C(=O)C1CC1C(=CCC3C(=O)N(c4cc(C(F)(F)F)cc(C(F)(F)F)c4)C(=O)C31)C2c1ccc(O)cc1Cl. The number of hydrogen-bond acceptors (Lipinski definition) is 5. The van der Waals surface area contributed by atoms with E-state index in [1.54, 1.807) is 43.3 Å². The molecule has 2 aliphatic heterocycles. The van der Waals surface area contributed by atoms with E-state index in [1.807, 2.05) is 0 Å². The Morgan fingerprint density at radius 1 is 0.776 bits per heavy atom. The van der Waals surface area contributed by atoms with Gasteiger partial charge >= 0.3 is 12.4 Å². The van der Waals surface area contributed by atoms with E-state index in [2.05, 4.69) is 0 Å². The minimum absolute atomic E-state index is 0.0613. The van der Waals surface area contributed by atoms with E-state index < -0.39 is 87.8 Å². The zero-order valence-electron chi connectivity index (χ0n) is 25.3. The molecule has 0 radical (unpaired) electrons. The molecule has 7 rings (SSSR count). The zero-order valence-corrected chi connectivity index (χ0v) is 26.1. The molecule has 7 nitrogen and oxygen atoms in total. The summed E-state index contributed by atoms with van der Waals surface area (Å²) in [7, 11) is 0. The molecule has 3 fully saturated rings. The van der Waals surface area contributed by atoms with Gasteiger partial charge in [-0.05, 0) is 73.7 Å². The van der Waals surface area contributed by atoms with Gasteiger partial charge in [0.25, 0.3) is 0 Å². The number of benzene rings is 3. The lowest BCUT2D eigenvalue weighted by Crippen LogP contribution is -2.49. The van der Waals surface area contributed by atoms with Gasteiger partial charge in [-0.2, -0.15) is 26.3 Å². The van der Waals surface area contributed by atoms with Gasteiger partial charge in [0.05, 0.1) is 45.7 Å². The monoisotopic (exact) mass is 702 g/mol. The summed E-state index contributed by atoms with van der Waals surface area (Å²) in [5, 5.41) is 10.2. The number of phenols is 1. The summed E-state index contributed by atoms with van der Waals surface area (Å²) < 4.78 is 82.4. The van der Waals surface area contributed by atoms with Gasteiger partial charge in [0.2, 0.25) is 23.6 Å². The van der Waals surface area contributed by atoms with E-state index in [-0.39, 0.29) is 29.7 Å². The number of fused-ring (bicyclic) bond motifs is 4. The van der Waals surface area contributed by atoms with Crippen LogP contribution in [0, 0.1) is 29.1 Å². The summed E-state index contributed by atoms with van der Waals surface area (Å²) in [5.74, 6) is -8.57. The third-order valence-electron chi connectivity index (χ3n) is 10.4. The Kier molecular flexibility index (Phi) is 7.33. The second-order valence-electron chi connectivity index (χ2n) is 13.0. The first-order valence-corrected chi connectivity index (χ1v) is 15.6. The van der Waals surface area contributed by atoms with Gasteiger partial charge in [0, 0.05) is 10.9 Å². The lowest BCUT2D eigenvalue weighted by atomic mass is 9.51. The number of amides is 4. The predicted octanol–water partition coefficient (Wildman–Crippen LogP) is 7.52. The molecule has 6 unspecified atom stereocenters. The van der Waals surface area contributed by atoms with Crippen molar-refractivity contribution in [1.29, 1.82) is 0 Å². The minimum Gasteiger partial charge on any atom is -0.508 e. The largest absolute Gasteiger partial charge is 0.508 e. The van der Waals surface area contributed by atoms with Crippen LogP contribution in [0.3, 0.4) is 0 Å². The smallest absolute Gasteiger partial charge is 0.416 e. The number of aromatic hydroxyl groups is 1. The van der Waals surface area contributed by atoms with Crippen LogP contribution in [-0.4, -0.2) is 28.7 Å². The molecule has 0 spiro atoms. The average molecular weight is 703 g/mol. The van der Waals surface area contributed by atoms with E-state index in [4.69, 9.17) is 11.6 Å². The number of carbonyl (C=O) groups excluding carboxylic acids is 4. The Labute approximate surface area is 279 Å². The fraction of sp³-hybridized carbons (Fsp3) is 0.314. The number of hydrogen-bond donors (Lipinski definition) is 1. The van der Waals surface area contributed by atoms with E-state index in [0.29, 0.717) is 33.9 Å². The fourth-order valence-corrected chi connectivity index (χ4v) is 8.54. The Morgan fingerprint density at radius 3 is 2.00 bits per heavy atom. The van der Waals surface area contributed by atoms with Gasteiger partial charge in [-0.15, -0.1) is 0 Å². The first-order valence-electron chi connectivity index (χ1n) is 15.2.